The molecule has 1 aliphatic rings. The van der Waals surface area contributed by atoms with Crippen LogP contribution in [0.25, 0.3) is 11.2 Å². The van der Waals surface area contributed by atoms with Crippen LogP contribution in [0.1, 0.15) is 43.6 Å². The molecule has 1 aliphatic heterocycles. The van der Waals surface area contributed by atoms with E-state index in [2.05, 4.69) is 20.3 Å². The van der Waals surface area contributed by atoms with Gasteiger partial charge in [-0.3, -0.25) is 9.69 Å². The van der Waals surface area contributed by atoms with Crippen molar-refractivity contribution >= 4 is 35.0 Å². The molecule has 1 N–H and O–H groups in total. The van der Waals surface area contributed by atoms with E-state index in [1.807, 2.05) is 6.07 Å². The lowest BCUT2D eigenvalue weighted by molar-refractivity contribution is -0.145. The molecule has 1 aromatic carbocycles. The summed E-state index contributed by atoms with van der Waals surface area (Å²) in [5.41, 5.74) is 0.643. The lowest BCUT2D eigenvalue weighted by atomic mass is 10.1. The molecule has 1 saturated heterocycles. The minimum absolute atomic E-state index is 0.204. The van der Waals surface area contributed by atoms with E-state index < -0.39 is 23.7 Å². The third-order valence-electron chi connectivity index (χ3n) is 5.40. The van der Waals surface area contributed by atoms with Crippen LogP contribution in [0.15, 0.2) is 43.0 Å². The number of rotatable bonds is 4. The minimum Gasteiger partial charge on any atom is -0.467 e. The summed E-state index contributed by atoms with van der Waals surface area (Å²) in [6.07, 6.45) is 2.60. The van der Waals surface area contributed by atoms with Crippen molar-refractivity contribution in [1.82, 2.24) is 24.4 Å². The van der Waals surface area contributed by atoms with E-state index in [4.69, 9.17) is 9.47 Å². The van der Waals surface area contributed by atoms with Crippen molar-refractivity contribution in [1.29, 1.82) is 0 Å². The Bertz CT molecular complexity index is 1220. The summed E-state index contributed by atoms with van der Waals surface area (Å²) in [5, 5.41) is 2.77. The maximum atomic E-state index is 12.8. The summed E-state index contributed by atoms with van der Waals surface area (Å²) in [6, 6.07) is 7.65. The van der Waals surface area contributed by atoms with E-state index in [9.17, 15) is 14.4 Å². The third kappa shape index (κ3) is 4.68. The summed E-state index contributed by atoms with van der Waals surface area (Å²) in [7, 11) is 1.28. The number of amides is 2. The zero-order valence-corrected chi connectivity index (χ0v) is 19.4. The van der Waals surface area contributed by atoms with Crippen LogP contribution >= 0.6 is 0 Å². The maximum Gasteiger partial charge on any atom is 0.411 e. The SMILES string of the molecule is COC(=O)[C@@H]1C[C@H](n2cnc3c(NC(=O)c4ccccc4)ncnc32)CN1C(=O)OC(C)(C)C. The first kappa shape index (κ1) is 23.1. The predicted octanol–water partition coefficient (Wildman–Crippen LogP) is 2.80. The number of hydrogen-bond donors (Lipinski definition) is 1. The van der Waals surface area contributed by atoms with Gasteiger partial charge in [0.25, 0.3) is 5.91 Å². The second-order valence-electron chi connectivity index (χ2n) is 8.93. The van der Waals surface area contributed by atoms with Crippen LogP contribution in [0, 0.1) is 0 Å². The van der Waals surface area contributed by atoms with Crippen LogP contribution in [0.2, 0.25) is 0 Å². The molecule has 2 amide bonds. The standard InChI is InChI=1S/C23H26N6O5/c1-23(2,3)34-22(32)28-11-15(10-16(28)21(31)33-4)29-13-26-17-18(24-12-25-19(17)29)27-20(30)14-8-6-5-7-9-14/h5-9,12-13,15-16H,10-11H2,1-4H3,(H,24,25,27,30)/t15-,16-/m0/s1. The number of fused-ring (bicyclic) bond motifs is 1. The van der Waals surface area contributed by atoms with E-state index in [1.165, 1.54) is 18.3 Å². The Morgan fingerprint density at radius 3 is 2.50 bits per heavy atom. The number of benzene rings is 1. The van der Waals surface area contributed by atoms with Gasteiger partial charge in [-0.1, -0.05) is 18.2 Å². The molecule has 0 aliphatic carbocycles. The van der Waals surface area contributed by atoms with Crippen molar-refractivity contribution in [2.24, 2.45) is 0 Å². The van der Waals surface area contributed by atoms with Crippen molar-refractivity contribution in [3.8, 4) is 0 Å². The van der Waals surface area contributed by atoms with Gasteiger partial charge < -0.3 is 19.4 Å². The Balaban J connectivity index is 1.61. The van der Waals surface area contributed by atoms with Crippen molar-refractivity contribution < 1.29 is 23.9 Å². The van der Waals surface area contributed by atoms with Gasteiger partial charge in [-0.25, -0.2) is 24.5 Å². The molecule has 11 nitrogen and oxygen atoms in total. The highest BCUT2D eigenvalue weighted by molar-refractivity contribution is 6.06. The molecule has 34 heavy (non-hydrogen) atoms. The molecule has 3 heterocycles. The molecule has 178 valence electrons. The van der Waals surface area contributed by atoms with Gasteiger partial charge in [0.15, 0.2) is 17.0 Å². The van der Waals surface area contributed by atoms with E-state index >= 15 is 0 Å². The second-order valence-corrected chi connectivity index (χ2v) is 8.93. The fourth-order valence-corrected chi connectivity index (χ4v) is 3.88. The number of esters is 1. The highest BCUT2D eigenvalue weighted by Gasteiger charge is 2.43. The van der Waals surface area contributed by atoms with Gasteiger partial charge in [-0.2, -0.15) is 0 Å². The molecular weight excluding hydrogens is 440 g/mol. The molecular formula is C23H26N6O5. The van der Waals surface area contributed by atoms with Crippen LogP contribution in [-0.4, -0.2) is 67.7 Å². The highest BCUT2D eigenvalue weighted by atomic mass is 16.6. The third-order valence-corrected chi connectivity index (χ3v) is 5.40. The Kier molecular flexibility index (Phi) is 6.18. The molecule has 2 aromatic heterocycles. The largest absolute Gasteiger partial charge is 0.467 e. The first-order chi connectivity index (χ1) is 16.2. The van der Waals surface area contributed by atoms with Crippen molar-refractivity contribution in [2.75, 3.05) is 19.0 Å². The quantitative estimate of drug-likeness (QED) is 0.581. The van der Waals surface area contributed by atoms with Crippen molar-refractivity contribution in [3.63, 3.8) is 0 Å². The number of methoxy groups -OCH3 is 1. The summed E-state index contributed by atoms with van der Waals surface area (Å²) >= 11 is 0. The van der Waals surface area contributed by atoms with Gasteiger partial charge in [-0.05, 0) is 32.9 Å². The number of hydrogen-bond acceptors (Lipinski definition) is 8. The fourth-order valence-electron chi connectivity index (χ4n) is 3.88. The number of ether oxygens (including phenoxy) is 2. The number of imidazole rings is 1. The fraction of sp³-hybridized carbons (Fsp3) is 0.391. The molecule has 0 radical (unpaired) electrons. The number of nitrogens with one attached hydrogen (secondary N) is 1. The summed E-state index contributed by atoms with van der Waals surface area (Å²) in [5.74, 6) is -0.579. The van der Waals surface area contributed by atoms with Gasteiger partial charge in [-0.15, -0.1) is 0 Å². The average molecular weight is 466 g/mol. The lowest BCUT2D eigenvalue weighted by Crippen LogP contribution is -2.43. The number of nitrogens with zero attached hydrogens (tertiary/aromatic N) is 5. The van der Waals surface area contributed by atoms with Crippen molar-refractivity contribution in [2.45, 2.75) is 44.9 Å². The molecule has 1 fully saturated rings. The normalized spacial score (nSPS) is 18.1. The lowest BCUT2D eigenvalue weighted by Gasteiger charge is -2.27. The summed E-state index contributed by atoms with van der Waals surface area (Å²) < 4.78 is 12.2. The van der Waals surface area contributed by atoms with Crippen LogP contribution < -0.4 is 5.32 Å². The first-order valence-corrected chi connectivity index (χ1v) is 10.8. The molecule has 0 unspecified atom stereocenters. The molecule has 2 atom stereocenters. The Morgan fingerprint density at radius 1 is 1.09 bits per heavy atom. The number of aromatic nitrogens is 4. The first-order valence-electron chi connectivity index (χ1n) is 10.8. The van der Waals surface area contributed by atoms with Crippen molar-refractivity contribution in [3.05, 3.63) is 48.5 Å². The van der Waals surface area contributed by atoms with E-state index in [-0.39, 0.29) is 24.3 Å². The van der Waals surface area contributed by atoms with E-state index in [0.29, 0.717) is 23.1 Å². The molecule has 3 aromatic rings. The number of anilines is 1. The summed E-state index contributed by atoms with van der Waals surface area (Å²) in [6.45, 7) is 5.49. The molecule has 4 rings (SSSR count). The Morgan fingerprint density at radius 2 is 1.82 bits per heavy atom. The number of carbonyl (C=O) groups is 3. The number of likely N-dealkylation sites (tertiary alicyclic amines) is 1. The monoisotopic (exact) mass is 466 g/mol. The molecule has 11 heteroatoms. The Hall–Kier alpha value is -4.02. The summed E-state index contributed by atoms with van der Waals surface area (Å²) in [4.78, 5) is 52.1. The van der Waals surface area contributed by atoms with Crippen LogP contribution in [0.3, 0.4) is 0 Å². The van der Waals surface area contributed by atoms with Gasteiger partial charge in [0.1, 0.15) is 18.0 Å². The van der Waals surface area contributed by atoms with Gasteiger partial charge in [0.05, 0.1) is 19.5 Å². The topological polar surface area (TPSA) is 129 Å². The minimum atomic E-state index is -0.804. The molecule has 0 saturated carbocycles. The maximum absolute atomic E-state index is 12.8. The van der Waals surface area contributed by atoms with Gasteiger partial charge in [0, 0.05) is 18.5 Å². The second kappa shape index (κ2) is 9.08. The smallest absolute Gasteiger partial charge is 0.411 e. The average Bonchev–Trinajstić information content (AvgIpc) is 3.43. The van der Waals surface area contributed by atoms with E-state index in [1.54, 1.807) is 55.9 Å². The van der Waals surface area contributed by atoms with Gasteiger partial charge >= 0.3 is 12.1 Å². The van der Waals surface area contributed by atoms with Crippen LogP contribution in [0.5, 0.6) is 0 Å². The van der Waals surface area contributed by atoms with Gasteiger partial charge in [0.2, 0.25) is 0 Å². The highest BCUT2D eigenvalue weighted by Crippen LogP contribution is 2.32. The number of carbonyl (C=O) groups excluding carboxylic acids is 3. The zero-order valence-electron chi connectivity index (χ0n) is 19.4. The Labute approximate surface area is 196 Å². The van der Waals surface area contributed by atoms with Crippen LogP contribution in [0.4, 0.5) is 10.6 Å². The predicted molar refractivity (Wildman–Crippen MR) is 122 cm³/mol. The van der Waals surface area contributed by atoms with E-state index in [0.717, 1.165) is 0 Å². The molecule has 0 spiro atoms. The molecule has 0 bridgehead atoms. The van der Waals surface area contributed by atoms with Crippen LogP contribution in [-0.2, 0) is 14.3 Å². The zero-order chi connectivity index (χ0) is 24.5.